The number of hydrogen-bond acceptors (Lipinski definition) is 6. The summed E-state index contributed by atoms with van der Waals surface area (Å²) in [5.74, 6) is -0.890. The van der Waals surface area contributed by atoms with E-state index in [0.29, 0.717) is 18.5 Å². The lowest BCUT2D eigenvalue weighted by atomic mass is 10.0. The minimum Gasteiger partial charge on any atom is -0.322 e. The Balaban J connectivity index is 1.59. The summed E-state index contributed by atoms with van der Waals surface area (Å²) in [6.45, 7) is 4.36. The molecule has 1 atom stereocenters. The van der Waals surface area contributed by atoms with Gasteiger partial charge in [-0.05, 0) is 51.1 Å². The quantitative estimate of drug-likeness (QED) is 0.745. The highest BCUT2D eigenvalue weighted by Crippen LogP contribution is 2.29. The molecule has 9 heteroatoms. The van der Waals surface area contributed by atoms with E-state index < -0.39 is 11.9 Å². The van der Waals surface area contributed by atoms with E-state index >= 15 is 0 Å². The molecule has 2 N–H and O–H groups in total. The zero-order valence-electron chi connectivity index (χ0n) is 16.0. The molecular weight excluding hydrogens is 360 g/mol. The molecule has 1 aromatic heterocycles. The highest BCUT2D eigenvalue weighted by molar-refractivity contribution is 6.05. The first-order chi connectivity index (χ1) is 13.3. The van der Waals surface area contributed by atoms with Crippen molar-refractivity contribution in [3.8, 4) is 5.69 Å². The molecular formula is C19H22N6O3. The molecule has 28 heavy (non-hydrogen) atoms. The average molecular weight is 382 g/mol. The fourth-order valence-electron chi connectivity index (χ4n) is 3.51. The molecule has 1 unspecified atom stereocenters. The summed E-state index contributed by atoms with van der Waals surface area (Å²) in [6.07, 6.45) is 2.44. The van der Waals surface area contributed by atoms with Crippen LogP contribution in [0.5, 0.6) is 0 Å². The summed E-state index contributed by atoms with van der Waals surface area (Å²) < 4.78 is 1.67. The molecule has 1 saturated heterocycles. The zero-order valence-corrected chi connectivity index (χ0v) is 16.0. The van der Waals surface area contributed by atoms with E-state index in [0.717, 1.165) is 16.9 Å². The standard InChI is InChI=1S/C19H22N6O3/c1-19(2,20-3)15-10-25(23-22-15)12-4-5-13-11(8-12)9-24(18(13)28)14-6-7-16(26)21-17(14)27/h4-5,8,10,14,20H,6-7,9H2,1-3H3,(H,21,26,27). The maximum Gasteiger partial charge on any atom is 0.255 e. The van der Waals surface area contributed by atoms with Crippen LogP contribution in [0.1, 0.15) is 48.3 Å². The van der Waals surface area contributed by atoms with Crippen LogP contribution in [0.25, 0.3) is 5.69 Å². The molecule has 9 nitrogen and oxygen atoms in total. The van der Waals surface area contributed by atoms with Gasteiger partial charge in [0, 0.05) is 18.5 Å². The second-order valence-corrected chi connectivity index (χ2v) is 7.66. The Hall–Kier alpha value is -3.07. The highest BCUT2D eigenvalue weighted by atomic mass is 16.2. The number of carbonyl (C=O) groups excluding carboxylic acids is 3. The lowest BCUT2D eigenvalue weighted by Crippen LogP contribution is -2.52. The molecule has 2 aliphatic rings. The van der Waals surface area contributed by atoms with Gasteiger partial charge in [0.1, 0.15) is 11.7 Å². The molecule has 4 rings (SSSR count). The van der Waals surface area contributed by atoms with Crippen molar-refractivity contribution < 1.29 is 14.4 Å². The Bertz CT molecular complexity index is 980. The predicted molar refractivity (Wildman–Crippen MR) is 99.5 cm³/mol. The van der Waals surface area contributed by atoms with Crippen molar-refractivity contribution in [2.45, 2.75) is 44.8 Å². The molecule has 3 amide bonds. The van der Waals surface area contributed by atoms with Crippen molar-refractivity contribution in [3.05, 3.63) is 41.2 Å². The fraction of sp³-hybridized carbons (Fsp3) is 0.421. The fourth-order valence-corrected chi connectivity index (χ4v) is 3.51. The predicted octanol–water partition coefficient (Wildman–Crippen LogP) is 0.483. The number of rotatable bonds is 4. The lowest BCUT2D eigenvalue weighted by molar-refractivity contribution is -0.136. The van der Waals surface area contributed by atoms with Gasteiger partial charge in [0.2, 0.25) is 11.8 Å². The van der Waals surface area contributed by atoms with Crippen LogP contribution < -0.4 is 10.6 Å². The average Bonchev–Trinajstić information content (AvgIpc) is 3.28. The van der Waals surface area contributed by atoms with E-state index in [9.17, 15) is 14.4 Å². The van der Waals surface area contributed by atoms with E-state index in [-0.39, 0.29) is 23.8 Å². The normalized spacial score (nSPS) is 19.8. The molecule has 146 valence electrons. The van der Waals surface area contributed by atoms with E-state index in [4.69, 9.17) is 0 Å². The first kappa shape index (κ1) is 18.3. The molecule has 1 fully saturated rings. The second-order valence-electron chi connectivity index (χ2n) is 7.66. The van der Waals surface area contributed by atoms with Crippen LogP contribution in [0, 0.1) is 0 Å². The molecule has 0 spiro atoms. The largest absolute Gasteiger partial charge is 0.322 e. The number of carbonyl (C=O) groups is 3. The molecule has 0 aliphatic carbocycles. The Morgan fingerprint density at radius 2 is 2.04 bits per heavy atom. The monoisotopic (exact) mass is 382 g/mol. The van der Waals surface area contributed by atoms with Gasteiger partial charge in [0.05, 0.1) is 17.4 Å². The van der Waals surface area contributed by atoms with Crippen LogP contribution in [0.4, 0.5) is 0 Å². The summed E-state index contributed by atoms with van der Waals surface area (Å²) in [4.78, 5) is 37.8. The van der Waals surface area contributed by atoms with Crippen molar-refractivity contribution in [2.75, 3.05) is 7.05 Å². The van der Waals surface area contributed by atoms with Gasteiger partial charge in [-0.15, -0.1) is 5.10 Å². The van der Waals surface area contributed by atoms with Gasteiger partial charge in [0.15, 0.2) is 0 Å². The minimum atomic E-state index is -0.615. The summed E-state index contributed by atoms with van der Waals surface area (Å²) in [5, 5.41) is 13.9. The van der Waals surface area contributed by atoms with Crippen molar-refractivity contribution in [2.24, 2.45) is 0 Å². The van der Waals surface area contributed by atoms with Crippen LogP contribution in [-0.4, -0.2) is 50.7 Å². The summed E-state index contributed by atoms with van der Waals surface area (Å²) in [7, 11) is 1.86. The summed E-state index contributed by atoms with van der Waals surface area (Å²) in [5.41, 5.74) is 2.69. The number of nitrogens with zero attached hydrogens (tertiary/aromatic N) is 4. The number of hydrogen-bond donors (Lipinski definition) is 2. The minimum absolute atomic E-state index is 0.188. The Morgan fingerprint density at radius 1 is 1.25 bits per heavy atom. The maximum absolute atomic E-state index is 12.8. The van der Waals surface area contributed by atoms with E-state index in [1.54, 1.807) is 10.7 Å². The van der Waals surface area contributed by atoms with Crippen molar-refractivity contribution in [1.29, 1.82) is 0 Å². The summed E-state index contributed by atoms with van der Waals surface area (Å²) >= 11 is 0. The molecule has 2 aliphatic heterocycles. The van der Waals surface area contributed by atoms with Crippen LogP contribution in [-0.2, 0) is 21.7 Å². The van der Waals surface area contributed by atoms with Gasteiger partial charge in [-0.2, -0.15) is 0 Å². The number of benzene rings is 1. The number of piperidine rings is 1. The van der Waals surface area contributed by atoms with Gasteiger partial charge < -0.3 is 10.2 Å². The van der Waals surface area contributed by atoms with Gasteiger partial charge in [-0.1, -0.05) is 5.21 Å². The summed E-state index contributed by atoms with van der Waals surface area (Å²) in [6, 6.07) is 4.85. The number of nitrogens with one attached hydrogen (secondary N) is 2. The molecule has 3 heterocycles. The van der Waals surface area contributed by atoms with Gasteiger partial charge in [0.25, 0.3) is 5.91 Å². The molecule has 0 bridgehead atoms. The molecule has 0 radical (unpaired) electrons. The second kappa shape index (κ2) is 6.52. The van der Waals surface area contributed by atoms with Crippen LogP contribution in [0.3, 0.4) is 0 Å². The maximum atomic E-state index is 12.8. The first-order valence-corrected chi connectivity index (χ1v) is 9.20. The van der Waals surface area contributed by atoms with Crippen LogP contribution in [0.15, 0.2) is 24.4 Å². The highest BCUT2D eigenvalue weighted by Gasteiger charge is 2.39. The van der Waals surface area contributed by atoms with E-state index in [2.05, 4.69) is 20.9 Å². The van der Waals surface area contributed by atoms with Gasteiger partial charge >= 0.3 is 0 Å². The number of imide groups is 1. The van der Waals surface area contributed by atoms with Gasteiger partial charge in [-0.3, -0.25) is 19.7 Å². The van der Waals surface area contributed by atoms with Crippen LogP contribution >= 0.6 is 0 Å². The van der Waals surface area contributed by atoms with Crippen molar-refractivity contribution in [1.82, 2.24) is 30.5 Å². The van der Waals surface area contributed by atoms with Crippen molar-refractivity contribution >= 4 is 17.7 Å². The SMILES string of the molecule is CNC(C)(C)c1cn(-c2ccc3c(c2)CN(C2CCC(=O)NC2=O)C3=O)nn1. The Labute approximate surface area is 162 Å². The van der Waals surface area contributed by atoms with Gasteiger partial charge in [-0.25, -0.2) is 4.68 Å². The van der Waals surface area contributed by atoms with Crippen molar-refractivity contribution in [3.63, 3.8) is 0 Å². The third kappa shape index (κ3) is 2.97. The molecule has 1 aromatic carbocycles. The lowest BCUT2D eigenvalue weighted by Gasteiger charge is -2.29. The zero-order chi connectivity index (χ0) is 20.1. The molecule has 2 aromatic rings. The third-order valence-corrected chi connectivity index (χ3v) is 5.53. The Kier molecular flexibility index (Phi) is 4.26. The number of aromatic nitrogens is 3. The van der Waals surface area contributed by atoms with E-state index in [1.165, 1.54) is 4.90 Å². The smallest absolute Gasteiger partial charge is 0.255 e. The Morgan fingerprint density at radius 3 is 2.75 bits per heavy atom. The topological polar surface area (TPSA) is 109 Å². The van der Waals surface area contributed by atoms with Crippen LogP contribution in [0.2, 0.25) is 0 Å². The van der Waals surface area contributed by atoms with E-state index in [1.807, 2.05) is 39.2 Å². The number of fused-ring (bicyclic) bond motifs is 1. The first-order valence-electron chi connectivity index (χ1n) is 9.20. The number of amides is 3. The third-order valence-electron chi connectivity index (χ3n) is 5.53. The molecule has 0 saturated carbocycles.